The van der Waals surface area contributed by atoms with Gasteiger partial charge in [-0.05, 0) is 64.8 Å². The van der Waals surface area contributed by atoms with Crippen LogP contribution in [0.25, 0.3) is 11.1 Å². The highest BCUT2D eigenvalue weighted by Crippen LogP contribution is 2.34. The van der Waals surface area contributed by atoms with Crippen molar-refractivity contribution in [3.05, 3.63) is 143 Å². The maximum atomic E-state index is 4.23. The lowest BCUT2D eigenvalue weighted by Crippen LogP contribution is -2.00. The van der Waals surface area contributed by atoms with Crippen molar-refractivity contribution in [3.8, 4) is 0 Å². The van der Waals surface area contributed by atoms with Gasteiger partial charge in [0.25, 0.3) is 0 Å². The number of allylic oxidation sites excluding steroid dienone is 4. The number of rotatable bonds is 7. The van der Waals surface area contributed by atoms with Crippen molar-refractivity contribution in [2.75, 3.05) is 0 Å². The molecule has 3 aromatic carbocycles. The molecule has 0 aliphatic heterocycles. The van der Waals surface area contributed by atoms with Crippen LogP contribution in [0.1, 0.15) is 46.7 Å². The predicted molar refractivity (Wildman–Crippen MR) is 133 cm³/mol. The summed E-state index contributed by atoms with van der Waals surface area (Å²) in [6.45, 7) is 14.7. The fraction of sp³-hybridized carbons (Fsp3) is 0.133. The Morgan fingerprint density at radius 3 is 1.67 bits per heavy atom. The Morgan fingerprint density at radius 2 is 1.20 bits per heavy atom. The van der Waals surface area contributed by atoms with E-state index in [0.29, 0.717) is 0 Å². The second-order valence-corrected chi connectivity index (χ2v) is 7.53. The van der Waals surface area contributed by atoms with Gasteiger partial charge in [-0.3, -0.25) is 0 Å². The van der Waals surface area contributed by atoms with Crippen molar-refractivity contribution in [2.45, 2.75) is 27.2 Å². The molecule has 0 unspecified atom stereocenters. The molecule has 0 amide bonds. The predicted octanol–water partition coefficient (Wildman–Crippen LogP) is 8.32. The molecule has 0 heteroatoms. The zero-order chi connectivity index (χ0) is 21.5. The number of benzene rings is 3. The van der Waals surface area contributed by atoms with Crippen LogP contribution in [0, 0.1) is 13.8 Å². The Labute approximate surface area is 181 Å². The normalized spacial score (nSPS) is 12.0. The molecule has 3 aromatic rings. The van der Waals surface area contributed by atoms with Gasteiger partial charge < -0.3 is 0 Å². The van der Waals surface area contributed by atoms with Crippen LogP contribution >= 0.6 is 0 Å². The van der Waals surface area contributed by atoms with Crippen LogP contribution in [0.15, 0.2) is 110 Å². The summed E-state index contributed by atoms with van der Waals surface area (Å²) >= 11 is 0. The molecule has 0 fully saturated rings. The van der Waals surface area contributed by atoms with E-state index < -0.39 is 0 Å². The van der Waals surface area contributed by atoms with Crippen molar-refractivity contribution in [1.29, 1.82) is 0 Å². The van der Waals surface area contributed by atoms with Crippen LogP contribution in [0.5, 0.6) is 0 Å². The third kappa shape index (κ3) is 4.60. The van der Waals surface area contributed by atoms with Gasteiger partial charge in [0.05, 0.1) is 0 Å². The van der Waals surface area contributed by atoms with Crippen LogP contribution in [0.4, 0.5) is 0 Å². The number of hydrogen-bond donors (Lipinski definition) is 0. The summed E-state index contributed by atoms with van der Waals surface area (Å²) in [5, 5.41) is 0. The first-order valence-corrected chi connectivity index (χ1v) is 10.5. The quantitative estimate of drug-likeness (QED) is 0.356. The summed E-state index contributed by atoms with van der Waals surface area (Å²) in [6.07, 6.45) is 7.14. The van der Waals surface area contributed by atoms with Crippen LogP contribution in [-0.2, 0) is 0 Å². The summed E-state index contributed by atoms with van der Waals surface area (Å²) in [7, 11) is 0. The standard InChI is InChI=1S/C30H30/c1-6-14-29(25-15-10-8-11-16-25)27-19-20-28(24(5)23(27)4)30(21-22(3)7-2)26-17-12-9-13-18-26/h6,8-21H,1,3,7H2,2,4-5H3/b29-14-,30-21-. The zero-order valence-electron chi connectivity index (χ0n) is 18.3. The third-order valence-corrected chi connectivity index (χ3v) is 5.62. The van der Waals surface area contributed by atoms with Gasteiger partial charge >= 0.3 is 0 Å². The molecular formula is C30H30. The van der Waals surface area contributed by atoms with Crippen molar-refractivity contribution in [3.63, 3.8) is 0 Å². The van der Waals surface area contributed by atoms with E-state index in [1.54, 1.807) is 0 Å². The van der Waals surface area contributed by atoms with Gasteiger partial charge in [-0.2, -0.15) is 0 Å². The summed E-state index contributed by atoms with van der Waals surface area (Å²) in [5.74, 6) is 0. The molecule has 0 radical (unpaired) electrons. The molecule has 0 aromatic heterocycles. The largest absolute Gasteiger partial charge is 0.0990 e. The molecule has 0 saturated heterocycles. The van der Waals surface area contributed by atoms with Crippen LogP contribution in [-0.4, -0.2) is 0 Å². The minimum absolute atomic E-state index is 0.937. The molecule has 0 heterocycles. The average molecular weight is 391 g/mol. The SMILES string of the molecule is C=C/C=C(/c1ccccc1)c1ccc(/C(=C\C(=C)CC)c2ccccc2)c(C)c1C. The summed E-state index contributed by atoms with van der Waals surface area (Å²) in [6, 6.07) is 25.6. The minimum Gasteiger partial charge on any atom is -0.0990 e. The van der Waals surface area contributed by atoms with Crippen molar-refractivity contribution in [1.82, 2.24) is 0 Å². The molecule has 0 aliphatic rings. The lowest BCUT2D eigenvalue weighted by Gasteiger charge is -2.19. The lowest BCUT2D eigenvalue weighted by molar-refractivity contribution is 1.16. The molecule has 30 heavy (non-hydrogen) atoms. The van der Waals surface area contributed by atoms with E-state index in [0.717, 1.165) is 12.0 Å². The van der Waals surface area contributed by atoms with Crippen molar-refractivity contribution < 1.29 is 0 Å². The van der Waals surface area contributed by atoms with Gasteiger partial charge in [0.15, 0.2) is 0 Å². The second kappa shape index (κ2) is 9.89. The highest BCUT2D eigenvalue weighted by atomic mass is 14.2. The number of hydrogen-bond acceptors (Lipinski definition) is 0. The maximum absolute atomic E-state index is 4.23. The Balaban J connectivity index is 2.18. The fourth-order valence-electron chi connectivity index (χ4n) is 3.72. The highest BCUT2D eigenvalue weighted by molar-refractivity contribution is 5.87. The molecule has 0 bridgehead atoms. The Morgan fingerprint density at radius 1 is 0.733 bits per heavy atom. The van der Waals surface area contributed by atoms with E-state index in [1.165, 1.54) is 44.5 Å². The highest BCUT2D eigenvalue weighted by Gasteiger charge is 2.15. The first-order chi connectivity index (χ1) is 14.6. The Bertz CT molecular complexity index is 1090. The van der Waals surface area contributed by atoms with E-state index in [1.807, 2.05) is 12.1 Å². The summed E-state index contributed by atoms with van der Waals surface area (Å²) in [5.41, 5.74) is 11.0. The smallest absolute Gasteiger partial charge is 0.0106 e. The van der Waals surface area contributed by atoms with Gasteiger partial charge in [-0.25, -0.2) is 0 Å². The molecule has 0 atom stereocenters. The topological polar surface area (TPSA) is 0 Å². The van der Waals surface area contributed by atoms with Gasteiger partial charge in [0.2, 0.25) is 0 Å². The van der Waals surface area contributed by atoms with E-state index in [4.69, 9.17) is 0 Å². The van der Waals surface area contributed by atoms with Gasteiger partial charge in [-0.1, -0.05) is 117 Å². The first-order valence-electron chi connectivity index (χ1n) is 10.5. The van der Waals surface area contributed by atoms with E-state index in [2.05, 4.69) is 113 Å². The molecule has 0 saturated carbocycles. The monoisotopic (exact) mass is 390 g/mol. The van der Waals surface area contributed by atoms with E-state index in [9.17, 15) is 0 Å². The molecule has 0 nitrogen and oxygen atoms in total. The molecule has 150 valence electrons. The molecule has 3 rings (SSSR count). The van der Waals surface area contributed by atoms with Crippen molar-refractivity contribution >= 4 is 11.1 Å². The average Bonchev–Trinajstić information content (AvgIpc) is 2.79. The first kappa shape index (κ1) is 21.3. The van der Waals surface area contributed by atoms with Gasteiger partial charge in [-0.15, -0.1) is 0 Å². The minimum atomic E-state index is 0.937. The molecule has 0 spiro atoms. The molecule has 0 N–H and O–H groups in total. The summed E-state index contributed by atoms with van der Waals surface area (Å²) in [4.78, 5) is 0. The van der Waals surface area contributed by atoms with Crippen molar-refractivity contribution in [2.24, 2.45) is 0 Å². The molecule has 0 aliphatic carbocycles. The van der Waals surface area contributed by atoms with E-state index in [-0.39, 0.29) is 0 Å². The Kier molecular flexibility index (Phi) is 7.03. The van der Waals surface area contributed by atoms with Gasteiger partial charge in [0.1, 0.15) is 0 Å². The zero-order valence-corrected chi connectivity index (χ0v) is 18.3. The lowest BCUT2D eigenvalue weighted by atomic mass is 9.85. The van der Waals surface area contributed by atoms with Gasteiger partial charge in [0, 0.05) is 0 Å². The van der Waals surface area contributed by atoms with E-state index >= 15 is 0 Å². The van der Waals surface area contributed by atoms with Crippen LogP contribution in [0.3, 0.4) is 0 Å². The second-order valence-electron chi connectivity index (χ2n) is 7.53. The fourth-order valence-corrected chi connectivity index (χ4v) is 3.72. The maximum Gasteiger partial charge on any atom is -0.0106 e. The summed E-state index contributed by atoms with van der Waals surface area (Å²) < 4.78 is 0. The van der Waals surface area contributed by atoms with Crippen LogP contribution in [0.2, 0.25) is 0 Å². The van der Waals surface area contributed by atoms with Crippen LogP contribution < -0.4 is 0 Å². The Hall–Kier alpha value is -3.38. The molecular weight excluding hydrogens is 360 g/mol. The third-order valence-electron chi connectivity index (χ3n) is 5.62.